The summed E-state index contributed by atoms with van der Waals surface area (Å²) in [6.07, 6.45) is 1.51. The number of nitrogen functional groups attached to an aromatic ring is 1. The average molecular weight is 559 g/mol. The van der Waals surface area contributed by atoms with E-state index in [-0.39, 0.29) is 17.3 Å². The number of anilines is 1. The Morgan fingerprint density at radius 2 is 1.81 bits per heavy atom. The Balaban J connectivity index is 1.29. The van der Waals surface area contributed by atoms with E-state index in [9.17, 15) is 4.79 Å². The molecule has 37 heavy (non-hydrogen) atoms. The topological polar surface area (TPSA) is 146 Å². The van der Waals surface area contributed by atoms with E-state index in [2.05, 4.69) is 51.7 Å². The van der Waals surface area contributed by atoms with Gasteiger partial charge < -0.3 is 10.5 Å². The van der Waals surface area contributed by atoms with E-state index >= 15 is 0 Å². The molecule has 0 spiro atoms. The molecule has 2 heterocycles. The second kappa shape index (κ2) is 10.8. The molecule has 0 unspecified atom stereocenters. The first-order valence-corrected chi connectivity index (χ1v) is 11.8. The molecule has 0 saturated heterocycles. The minimum atomic E-state index is -0.572. The zero-order valence-corrected chi connectivity index (χ0v) is 20.7. The third kappa shape index (κ3) is 5.54. The second-order valence-electron chi connectivity index (χ2n) is 7.72. The van der Waals surface area contributed by atoms with E-state index in [1.165, 1.54) is 6.21 Å². The van der Waals surface area contributed by atoms with Gasteiger partial charge in [0, 0.05) is 10.0 Å². The summed E-state index contributed by atoms with van der Waals surface area (Å²) in [6, 6.07) is 24.4. The van der Waals surface area contributed by atoms with Crippen LogP contribution in [-0.4, -0.2) is 37.4 Å². The van der Waals surface area contributed by atoms with Crippen LogP contribution in [0.3, 0.4) is 0 Å². The fourth-order valence-electron chi connectivity index (χ4n) is 3.38. The number of benzene rings is 3. The van der Waals surface area contributed by atoms with Gasteiger partial charge in [-0.15, -0.1) is 5.10 Å². The van der Waals surface area contributed by atoms with Gasteiger partial charge in [0.15, 0.2) is 5.69 Å². The van der Waals surface area contributed by atoms with Gasteiger partial charge in [0.25, 0.3) is 5.91 Å². The number of halogens is 1. The molecule has 0 fully saturated rings. The summed E-state index contributed by atoms with van der Waals surface area (Å²) in [6.45, 7) is 0.452. The Bertz CT molecular complexity index is 1530. The first kappa shape index (κ1) is 23.9. The smallest absolute Gasteiger partial charge is 0.292 e. The summed E-state index contributed by atoms with van der Waals surface area (Å²) in [4.78, 5) is 13.1. The first-order valence-electron chi connectivity index (χ1n) is 11.0. The van der Waals surface area contributed by atoms with Crippen LogP contribution in [0.25, 0.3) is 17.1 Å². The Morgan fingerprint density at radius 1 is 1.05 bits per heavy atom. The lowest BCUT2D eigenvalue weighted by Gasteiger charge is -2.07. The van der Waals surface area contributed by atoms with Gasteiger partial charge in [-0.2, -0.15) is 9.78 Å². The highest BCUT2D eigenvalue weighted by atomic mass is 79.9. The summed E-state index contributed by atoms with van der Waals surface area (Å²) in [5.41, 5.74) is 11.2. The van der Waals surface area contributed by atoms with Crippen molar-refractivity contribution < 1.29 is 14.2 Å². The van der Waals surface area contributed by atoms with Crippen LogP contribution in [0.4, 0.5) is 5.82 Å². The molecular weight excluding hydrogens is 540 g/mol. The van der Waals surface area contributed by atoms with Crippen LogP contribution >= 0.6 is 15.9 Å². The molecule has 1 amide bonds. The SMILES string of the molecule is Nc1nonc1-n1nnc(-c2ccccc2)c1C(=O)NN=Cc1ccc(OCc2ccc(Br)cc2)cc1. The Morgan fingerprint density at radius 3 is 2.51 bits per heavy atom. The first-order chi connectivity index (χ1) is 18.1. The zero-order chi connectivity index (χ0) is 25.6. The Kier molecular flexibility index (Phi) is 6.99. The van der Waals surface area contributed by atoms with Gasteiger partial charge in [-0.05, 0) is 57.8 Å². The van der Waals surface area contributed by atoms with Crippen molar-refractivity contribution in [2.75, 3.05) is 5.73 Å². The van der Waals surface area contributed by atoms with E-state index in [1.807, 2.05) is 66.7 Å². The number of nitrogens with zero attached hydrogens (tertiary/aromatic N) is 6. The predicted octanol–water partition coefficient (Wildman–Crippen LogP) is 4.00. The zero-order valence-electron chi connectivity index (χ0n) is 19.2. The van der Waals surface area contributed by atoms with Crippen LogP contribution in [0, 0.1) is 0 Å². The molecule has 0 aliphatic heterocycles. The highest BCUT2D eigenvalue weighted by molar-refractivity contribution is 9.10. The van der Waals surface area contributed by atoms with Gasteiger partial charge in [-0.1, -0.05) is 63.6 Å². The van der Waals surface area contributed by atoms with Crippen LogP contribution in [-0.2, 0) is 6.61 Å². The molecule has 3 aromatic carbocycles. The van der Waals surface area contributed by atoms with Crippen LogP contribution in [0.2, 0.25) is 0 Å². The molecule has 3 N–H and O–H groups in total. The summed E-state index contributed by atoms with van der Waals surface area (Å²) in [5.74, 6) is 0.148. The lowest BCUT2D eigenvalue weighted by molar-refractivity contribution is 0.0948. The monoisotopic (exact) mass is 558 g/mol. The fraction of sp³-hybridized carbons (Fsp3) is 0.0400. The number of ether oxygens (including phenoxy) is 1. The third-order valence-corrected chi connectivity index (χ3v) is 5.74. The Hall–Kier alpha value is -4.84. The van der Waals surface area contributed by atoms with Crippen LogP contribution in [0.5, 0.6) is 5.75 Å². The largest absolute Gasteiger partial charge is 0.489 e. The number of carbonyl (C=O) groups excluding carboxylic acids is 1. The van der Waals surface area contributed by atoms with E-state index < -0.39 is 5.91 Å². The van der Waals surface area contributed by atoms with Crippen molar-refractivity contribution in [2.24, 2.45) is 5.10 Å². The molecule has 0 bridgehead atoms. The lowest BCUT2D eigenvalue weighted by Crippen LogP contribution is -2.22. The number of hydrazone groups is 1. The van der Waals surface area contributed by atoms with Gasteiger partial charge in [0.2, 0.25) is 11.6 Å². The number of aromatic nitrogens is 5. The van der Waals surface area contributed by atoms with Crippen molar-refractivity contribution in [2.45, 2.75) is 6.61 Å². The summed E-state index contributed by atoms with van der Waals surface area (Å²) in [5, 5.41) is 19.5. The number of nitrogens with two attached hydrogens (primary N) is 1. The van der Waals surface area contributed by atoms with Gasteiger partial charge in [0.05, 0.1) is 6.21 Å². The van der Waals surface area contributed by atoms with Crippen molar-refractivity contribution in [1.29, 1.82) is 0 Å². The van der Waals surface area contributed by atoms with Crippen LogP contribution in [0.1, 0.15) is 21.6 Å². The van der Waals surface area contributed by atoms with Crippen molar-refractivity contribution in [3.63, 3.8) is 0 Å². The minimum Gasteiger partial charge on any atom is -0.489 e. The van der Waals surface area contributed by atoms with Crippen molar-refractivity contribution in [3.8, 4) is 22.8 Å². The third-order valence-electron chi connectivity index (χ3n) is 5.21. The van der Waals surface area contributed by atoms with Gasteiger partial charge in [-0.25, -0.2) is 10.1 Å². The van der Waals surface area contributed by atoms with E-state index in [0.717, 1.165) is 20.3 Å². The maximum atomic E-state index is 13.1. The highest BCUT2D eigenvalue weighted by Gasteiger charge is 2.25. The van der Waals surface area contributed by atoms with Crippen molar-refractivity contribution in [3.05, 3.63) is 100 Å². The fourth-order valence-corrected chi connectivity index (χ4v) is 3.64. The number of amides is 1. The number of nitrogens with one attached hydrogen (secondary N) is 1. The molecule has 0 radical (unpaired) electrons. The molecule has 0 atom stereocenters. The number of rotatable bonds is 8. The highest BCUT2D eigenvalue weighted by Crippen LogP contribution is 2.24. The number of hydrogen-bond acceptors (Lipinski definition) is 9. The van der Waals surface area contributed by atoms with Crippen molar-refractivity contribution >= 4 is 33.9 Å². The van der Waals surface area contributed by atoms with Crippen molar-refractivity contribution in [1.82, 2.24) is 30.7 Å². The molecule has 184 valence electrons. The maximum Gasteiger partial charge on any atom is 0.292 e. The second-order valence-corrected chi connectivity index (χ2v) is 8.64. The molecule has 0 aliphatic rings. The molecule has 5 rings (SSSR count). The average Bonchev–Trinajstić information content (AvgIpc) is 3.55. The standard InChI is InChI=1S/C25H19BrN8O3/c26-19-10-6-17(7-11-19)15-36-20-12-8-16(9-13-20)14-28-30-25(35)22-21(18-4-2-1-3-5-18)29-33-34(22)24-23(27)31-37-32-24/h1-14H,15H2,(H2,27,31)(H,30,35). The van der Waals surface area contributed by atoms with E-state index in [4.69, 9.17) is 10.5 Å². The normalized spacial score (nSPS) is 11.1. The number of carbonyl (C=O) groups is 1. The molecule has 0 saturated carbocycles. The van der Waals surface area contributed by atoms with Gasteiger partial charge in [-0.3, -0.25) is 4.79 Å². The molecular formula is C25H19BrN8O3. The molecule has 11 nitrogen and oxygen atoms in total. The Labute approximate surface area is 219 Å². The van der Waals surface area contributed by atoms with Gasteiger partial charge >= 0.3 is 0 Å². The lowest BCUT2D eigenvalue weighted by atomic mass is 10.1. The summed E-state index contributed by atoms with van der Waals surface area (Å²) < 4.78 is 12.7. The van der Waals surface area contributed by atoms with E-state index in [0.29, 0.717) is 23.6 Å². The maximum absolute atomic E-state index is 13.1. The quantitative estimate of drug-likeness (QED) is 0.214. The molecule has 5 aromatic rings. The summed E-state index contributed by atoms with van der Waals surface area (Å²) in [7, 11) is 0. The molecule has 12 heteroatoms. The van der Waals surface area contributed by atoms with Crippen LogP contribution in [0.15, 0.2) is 93.1 Å². The number of hydrogen-bond donors (Lipinski definition) is 2. The molecule has 0 aliphatic carbocycles. The van der Waals surface area contributed by atoms with Crippen LogP contribution < -0.4 is 15.9 Å². The van der Waals surface area contributed by atoms with E-state index in [1.54, 1.807) is 12.1 Å². The predicted molar refractivity (Wildman–Crippen MR) is 139 cm³/mol. The van der Waals surface area contributed by atoms with Gasteiger partial charge in [0.1, 0.15) is 18.1 Å². The molecule has 2 aromatic heterocycles. The summed E-state index contributed by atoms with van der Waals surface area (Å²) >= 11 is 3.42. The minimum absolute atomic E-state index is 0.0375.